The number of aliphatic hydroxyl groups is 6. The van der Waals surface area contributed by atoms with Gasteiger partial charge in [0.15, 0.2) is 5.60 Å². The molecule has 2 aromatic rings. The van der Waals surface area contributed by atoms with Gasteiger partial charge in [-0.2, -0.15) is 0 Å². The molecule has 2 aromatic carbocycles. The second-order valence-corrected chi connectivity index (χ2v) is 8.75. The van der Waals surface area contributed by atoms with Crippen LogP contribution in [0.25, 0.3) is 0 Å². The van der Waals surface area contributed by atoms with Crippen LogP contribution in [0.4, 0.5) is 0 Å². The highest BCUT2D eigenvalue weighted by Crippen LogP contribution is 2.56. The van der Waals surface area contributed by atoms with Crippen molar-refractivity contribution in [2.75, 3.05) is 13.7 Å². The Morgan fingerprint density at radius 3 is 2.16 bits per heavy atom. The molecule has 0 unspecified atom stereocenters. The first-order chi connectivity index (χ1) is 15.0. The number of halogens is 1. The number of hydrogen-bond acceptors (Lipinski definition) is 8. The van der Waals surface area contributed by atoms with Gasteiger partial charge in [-0.1, -0.05) is 54.1 Å². The molecule has 176 valence electrons. The molecule has 6 atom stereocenters. The van der Waals surface area contributed by atoms with Crippen LogP contribution >= 0.6 is 11.6 Å². The summed E-state index contributed by atoms with van der Waals surface area (Å²) < 4.78 is 11.0. The highest BCUT2D eigenvalue weighted by atomic mass is 35.5. The molecule has 1 saturated heterocycles. The lowest BCUT2D eigenvalue weighted by Gasteiger charge is -2.61. The number of rotatable bonds is 7. The van der Waals surface area contributed by atoms with Gasteiger partial charge in [0.25, 0.3) is 0 Å². The number of benzene rings is 2. The molecule has 1 aliphatic heterocycles. The second-order valence-electron chi connectivity index (χ2n) is 8.18. The molecule has 0 aromatic heterocycles. The van der Waals surface area contributed by atoms with Crippen molar-refractivity contribution in [3.63, 3.8) is 0 Å². The Morgan fingerprint density at radius 2 is 1.66 bits per heavy atom. The summed E-state index contributed by atoms with van der Waals surface area (Å²) in [6.45, 7) is 0.710. The molecule has 1 fully saturated rings. The number of methoxy groups -OCH3 is 1. The van der Waals surface area contributed by atoms with Gasteiger partial charge in [-0.05, 0) is 24.6 Å². The lowest BCUT2D eigenvalue weighted by molar-refractivity contribution is -0.442. The lowest BCUT2D eigenvalue weighted by Crippen LogP contribution is -2.81. The summed E-state index contributed by atoms with van der Waals surface area (Å²) >= 11 is 6.43. The van der Waals surface area contributed by atoms with Gasteiger partial charge < -0.3 is 40.1 Å². The van der Waals surface area contributed by atoms with Crippen molar-refractivity contribution >= 4 is 11.6 Å². The van der Waals surface area contributed by atoms with Gasteiger partial charge in [0.05, 0.1) is 13.2 Å². The summed E-state index contributed by atoms with van der Waals surface area (Å²) in [5.74, 6) is -2.13. The summed E-state index contributed by atoms with van der Waals surface area (Å²) in [5.41, 5.74) is -4.30. The van der Waals surface area contributed by atoms with E-state index in [2.05, 4.69) is 0 Å². The normalized spacial score (nSPS) is 36.0. The topological polar surface area (TPSA) is 140 Å². The molecule has 1 aliphatic rings. The third-order valence-corrected chi connectivity index (χ3v) is 6.82. The number of ether oxygens (including phenoxy) is 2. The van der Waals surface area contributed by atoms with Crippen LogP contribution in [-0.4, -0.2) is 72.8 Å². The standard InChI is InChI=1S/C23H29ClO8/c1-15(26)20(12-13-25)19(27)22(24,29)21(28,14-16-8-10-18(31-2)11-9-16)23(30,32-20)17-6-4-3-5-7-17/h3-11,15,19,25-30H,12-14H2,1-2H3/t15-,19+,20+,21+,22-,23+/m0/s1. The number of hydrogen-bond donors (Lipinski definition) is 6. The van der Waals surface area contributed by atoms with Crippen molar-refractivity contribution in [2.24, 2.45) is 0 Å². The monoisotopic (exact) mass is 468 g/mol. The maximum atomic E-state index is 11.8. The van der Waals surface area contributed by atoms with Crippen LogP contribution in [0, 0.1) is 0 Å². The first kappa shape index (κ1) is 24.9. The SMILES string of the molecule is COc1ccc(C[C@]2(O)[C@@](O)(c3ccccc3)O[C@](CCO)([C@H](C)O)[C@@H](O)[C@@]2(O)Cl)cc1. The van der Waals surface area contributed by atoms with Crippen LogP contribution < -0.4 is 4.74 Å². The first-order valence-corrected chi connectivity index (χ1v) is 10.6. The molecule has 0 saturated carbocycles. The van der Waals surface area contributed by atoms with E-state index >= 15 is 0 Å². The zero-order valence-electron chi connectivity index (χ0n) is 17.8. The Bertz CT molecular complexity index is 906. The smallest absolute Gasteiger partial charge is 0.227 e. The third kappa shape index (κ3) is 3.70. The average Bonchev–Trinajstić information content (AvgIpc) is 2.78. The van der Waals surface area contributed by atoms with Gasteiger partial charge >= 0.3 is 0 Å². The predicted molar refractivity (Wildman–Crippen MR) is 116 cm³/mol. The van der Waals surface area contributed by atoms with Crippen LogP contribution in [0.2, 0.25) is 0 Å². The minimum absolute atomic E-state index is 0.0324. The number of alkyl halides is 1. The molecule has 1 heterocycles. The highest BCUT2D eigenvalue weighted by Gasteiger charge is 2.76. The molecule has 0 radical (unpaired) electrons. The summed E-state index contributed by atoms with van der Waals surface area (Å²) in [5, 5.41) is 63.2. The van der Waals surface area contributed by atoms with E-state index in [0.29, 0.717) is 11.3 Å². The Labute approximate surface area is 191 Å². The maximum absolute atomic E-state index is 11.8. The maximum Gasteiger partial charge on any atom is 0.227 e. The van der Waals surface area contributed by atoms with E-state index < -0.39 is 47.3 Å². The van der Waals surface area contributed by atoms with Crippen LogP contribution in [-0.2, 0) is 16.9 Å². The Balaban J connectivity index is 2.22. The van der Waals surface area contributed by atoms with E-state index in [0.717, 1.165) is 0 Å². The summed E-state index contributed by atoms with van der Waals surface area (Å²) in [7, 11) is 1.50. The van der Waals surface area contributed by atoms with Crippen molar-refractivity contribution in [2.45, 2.75) is 54.0 Å². The zero-order chi connectivity index (χ0) is 23.8. The minimum atomic E-state index is -2.90. The minimum Gasteiger partial charge on any atom is -0.497 e. The Hall–Kier alpha value is -1.75. The quantitative estimate of drug-likeness (QED) is 0.325. The van der Waals surface area contributed by atoms with Gasteiger partial charge in [-0.3, -0.25) is 0 Å². The fourth-order valence-electron chi connectivity index (χ4n) is 4.33. The Morgan fingerprint density at radius 1 is 1.06 bits per heavy atom. The zero-order valence-corrected chi connectivity index (χ0v) is 18.6. The molecule has 0 aliphatic carbocycles. The fraction of sp³-hybridized carbons (Fsp3) is 0.478. The van der Waals surface area contributed by atoms with E-state index in [4.69, 9.17) is 21.1 Å². The van der Waals surface area contributed by atoms with Crippen LogP contribution in [0.3, 0.4) is 0 Å². The van der Waals surface area contributed by atoms with Crippen molar-refractivity contribution < 1.29 is 40.1 Å². The van der Waals surface area contributed by atoms with E-state index in [9.17, 15) is 30.6 Å². The largest absolute Gasteiger partial charge is 0.497 e. The molecule has 6 N–H and O–H groups in total. The van der Waals surface area contributed by atoms with Gasteiger partial charge in [0, 0.05) is 25.0 Å². The molecule has 32 heavy (non-hydrogen) atoms. The Kier molecular flexibility index (Phi) is 6.91. The van der Waals surface area contributed by atoms with Crippen LogP contribution in [0.15, 0.2) is 54.6 Å². The molecule has 8 nitrogen and oxygen atoms in total. The average molecular weight is 469 g/mol. The van der Waals surface area contributed by atoms with Gasteiger partial charge in [-0.15, -0.1) is 0 Å². The highest BCUT2D eigenvalue weighted by molar-refractivity contribution is 6.24. The lowest BCUT2D eigenvalue weighted by atomic mass is 9.67. The molecule has 9 heteroatoms. The predicted octanol–water partition coefficient (Wildman–Crippen LogP) is 0.635. The molecule has 0 spiro atoms. The second kappa shape index (κ2) is 8.89. The summed E-state index contributed by atoms with van der Waals surface area (Å²) in [4.78, 5) is 0. The first-order valence-electron chi connectivity index (χ1n) is 10.2. The van der Waals surface area contributed by atoms with Crippen LogP contribution in [0.5, 0.6) is 5.75 Å². The third-order valence-electron chi connectivity index (χ3n) is 6.30. The molecule has 3 rings (SSSR count). The van der Waals surface area contributed by atoms with Crippen LogP contribution in [0.1, 0.15) is 24.5 Å². The fourth-order valence-corrected chi connectivity index (χ4v) is 4.71. The molecule has 0 bridgehead atoms. The molecule has 0 amide bonds. The summed E-state index contributed by atoms with van der Waals surface area (Å²) in [6, 6.07) is 14.2. The van der Waals surface area contributed by atoms with E-state index in [1.165, 1.54) is 26.2 Å². The van der Waals surface area contributed by atoms with Gasteiger partial charge in [0.1, 0.15) is 17.5 Å². The van der Waals surface area contributed by atoms with Gasteiger partial charge in [-0.25, -0.2) is 0 Å². The number of aliphatic hydroxyl groups excluding tert-OH is 3. The summed E-state index contributed by atoms with van der Waals surface area (Å²) in [6.07, 6.45) is -4.39. The van der Waals surface area contributed by atoms with Crippen molar-refractivity contribution in [1.29, 1.82) is 0 Å². The van der Waals surface area contributed by atoms with E-state index in [1.807, 2.05) is 0 Å². The van der Waals surface area contributed by atoms with Crippen molar-refractivity contribution in [1.82, 2.24) is 0 Å². The van der Waals surface area contributed by atoms with Gasteiger partial charge in [0.2, 0.25) is 10.8 Å². The van der Waals surface area contributed by atoms with E-state index in [-0.39, 0.29) is 12.0 Å². The van der Waals surface area contributed by atoms with Crippen molar-refractivity contribution in [3.8, 4) is 5.75 Å². The molecular weight excluding hydrogens is 440 g/mol. The van der Waals surface area contributed by atoms with E-state index in [1.54, 1.807) is 42.5 Å². The van der Waals surface area contributed by atoms with Crippen molar-refractivity contribution in [3.05, 3.63) is 65.7 Å². The molecular formula is C23H29ClO8.